The molecule has 0 bridgehead atoms. The van der Waals surface area contributed by atoms with Gasteiger partial charge in [-0.15, -0.1) is 6.58 Å². The minimum absolute atomic E-state index is 0.00273. The van der Waals surface area contributed by atoms with E-state index < -0.39 is 11.6 Å². The molecule has 3 atom stereocenters. The van der Waals surface area contributed by atoms with Crippen LogP contribution in [0.25, 0.3) is 0 Å². The maximum atomic E-state index is 14.4. The summed E-state index contributed by atoms with van der Waals surface area (Å²) < 4.78 is 45.9. The van der Waals surface area contributed by atoms with Crippen LogP contribution in [0.1, 0.15) is 64.4 Å². The summed E-state index contributed by atoms with van der Waals surface area (Å²) in [6.45, 7) is 9.13. The van der Waals surface area contributed by atoms with Crippen molar-refractivity contribution in [3.63, 3.8) is 0 Å². The van der Waals surface area contributed by atoms with Gasteiger partial charge >= 0.3 is 0 Å². The van der Waals surface area contributed by atoms with Gasteiger partial charge in [0.2, 0.25) is 5.82 Å². The number of unbranched alkanes of at least 4 members (excludes halogenated alkanes) is 1. The van der Waals surface area contributed by atoms with Gasteiger partial charge in [0.15, 0.2) is 11.6 Å². The molecule has 3 rings (SSSR count). The number of hydrogen-bond donors (Lipinski definition) is 0. The lowest BCUT2D eigenvalue weighted by molar-refractivity contribution is -0.0124. The van der Waals surface area contributed by atoms with E-state index in [2.05, 4.69) is 19.6 Å². The van der Waals surface area contributed by atoms with E-state index in [-0.39, 0.29) is 17.9 Å². The van der Waals surface area contributed by atoms with Crippen molar-refractivity contribution in [3.8, 4) is 5.75 Å². The number of allylic oxidation sites excluding steroid dienone is 4. The fourth-order valence-corrected chi connectivity index (χ4v) is 4.38. The summed E-state index contributed by atoms with van der Waals surface area (Å²) in [7, 11) is 0. The van der Waals surface area contributed by atoms with Crippen LogP contribution in [0.5, 0.6) is 5.75 Å². The van der Waals surface area contributed by atoms with Gasteiger partial charge in [0.25, 0.3) is 0 Å². The van der Waals surface area contributed by atoms with Crippen molar-refractivity contribution in [2.24, 2.45) is 11.8 Å². The van der Waals surface area contributed by atoms with Gasteiger partial charge in [-0.25, -0.2) is 4.39 Å². The van der Waals surface area contributed by atoms with E-state index in [1.165, 1.54) is 17.7 Å². The Morgan fingerprint density at radius 3 is 2.69 bits per heavy atom. The largest absolute Gasteiger partial charge is 0.493 e. The highest BCUT2D eigenvalue weighted by atomic mass is 19.2. The maximum absolute atomic E-state index is 14.4. The molecule has 32 heavy (non-hydrogen) atoms. The Bertz CT molecular complexity index is 822. The quantitative estimate of drug-likeness (QED) is 0.264. The second-order valence-corrected chi connectivity index (χ2v) is 8.84. The first-order chi connectivity index (χ1) is 15.5. The number of benzene rings is 1. The number of halogens is 2. The van der Waals surface area contributed by atoms with Crippen molar-refractivity contribution in [1.29, 1.82) is 0 Å². The zero-order chi connectivity index (χ0) is 22.9. The lowest BCUT2D eigenvalue weighted by Crippen LogP contribution is -2.29. The molecule has 5 heteroatoms. The topological polar surface area (TPSA) is 27.7 Å². The lowest BCUT2D eigenvalue weighted by Gasteiger charge is -2.34. The average Bonchev–Trinajstić information content (AvgIpc) is 2.80. The van der Waals surface area contributed by atoms with Gasteiger partial charge in [0.1, 0.15) is 6.61 Å². The number of hydrogen-bond acceptors (Lipinski definition) is 3. The van der Waals surface area contributed by atoms with Crippen molar-refractivity contribution in [2.45, 2.75) is 71.5 Å². The monoisotopic (exact) mass is 446 g/mol. The molecule has 0 aromatic heterocycles. The summed E-state index contributed by atoms with van der Waals surface area (Å²) in [6, 6.07) is 3.02. The Hall–Kier alpha value is -2.14. The van der Waals surface area contributed by atoms with Gasteiger partial charge in [0, 0.05) is 17.9 Å². The first-order valence-electron chi connectivity index (χ1n) is 11.9. The van der Waals surface area contributed by atoms with Crippen molar-refractivity contribution in [2.75, 3.05) is 13.2 Å². The molecule has 176 valence electrons. The van der Waals surface area contributed by atoms with E-state index in [1.807, 2.05) is 19.1 Å². The fourth-order valence-electron chi connectivity index (χ4n) is 4.38. The Morgan fingerprint density at radius 1 is 1.16 bits per heavy atom. The van der Waals surface area contributed by atoms with E-state index in [0.717, 1.165) is 57.3 Å². The highest BCUT2D eigenvalue weighted by Crippen LogP contribution is 2.36. The minimum Gasteiger partial charge on any atom is -0.493 e. The van der Waals surface area contributed by atoms with Gasteiger partial charge in [-0.3, -0.25) is 0 Å². The highest BCUT2D eigenvalue weighted by molar-refractivity contribution is 5.31. The molecule has 0 saturated carbocycles. The Morgan fingerprint density at radius 2 is 2.00 bits per heavy atom. The van der Waals surface area contributed by atoms with E-state index in [9.17, 15) is 8.78 Å². The van der Waals surface area contributed by atoms with Crippen molar-refractivity contribution < 1.29 is 23.0 Å². The van der Waals surface area contributed by atoms with Crippen LogP contribution in [0.4, 0.5) is 8.78 Å². The molecule has 0 amide bonds. The normalized spacial score (nSPS) is 23.3. The molecular formula is C27H36F2O3. The second-order valence-electron chi connectivity index (χ2n) is 8.84. The molecular weight excluding hydrogens is 410 g/mol. The molecule has 0 N–H and O–H groups in total. The van der Waals surface area contributed by atoms with Gasteiger partial charge in [-0.2, -0.15) is 4.39 Å². The summed E-state index contributed by atoms with van der Waals surface area (Å²) in [5.74, 6) is -0.313. The van der Waals surface area contributed by atoms with Crippen LogP contribution in [0, 0.1) is 23.5 Å². The molecule has 3 nitrogen and oxygen atoms in total. The summed E-state index contributed by atoms with van der Waals surface area (Å²) in [4.78, 5) is 0. The predicted octanol–water partition coefficient (Wildman–Crippen LogP) is 7.27. The van der Waals surface area contributed by atoms with E-state index in [0.29, 0.717) is 24.5 Å². The van der Waals surface area contributed by atoms with Gasteiger partial charge in [0.05, 0.1) is 25.1 Å². The van der Waals surface area contributed by atoms with Crippen molar-refractivity contribution >= 4 is 0 Å². The highest BCUT2D eigenvalue weighted by Gasteiger charge is 2.28. The zero-order valence-electron chi connectivity index (χ0n) is 19.4. The Kier molecular flexibility index (Phi) is 9.34. The third kappa shape index (κ3) is 6.44. The number of ether oxygens (including phenoxy) is 3. The molecule has 1 aliphatic heterocycles. The third-order valence-electron chi connectivity index (χ3n) is 6.37. The molecule has 0 spiro atoms. The minimum atomic E-state index is -0.945. The molecule has 1 saturated heterocycles. The van der Waals surface area contributed by atoms with Gasteiger partial charge < -0.3 is 14.2 Å². The van der Waals surface area contributed by atoms with Gasteiger partial charge in [-0.1, -0.05) is 38.0 Å². The second kappa shape index (κ2) is 12.2. The molecule has 1 aromatic carbocycles. The molecule has 1 heterocycles. The lowest BCUT2D eigenvalue weighted by atomic mass is 9.80. The molecule has 1 aromatic rings. The van der Waals surface area contributed by atoms with Crippen LogP contribution >= 0.6 is 0 Å². The van der Waals surface area contributed by atoms with Crippen molar-refractivity contribution in [3.05, 3.63) is 65.5 Å². The molecule has 0 radical (unpaired) electrons. The summed E-state index contributed by atoms with van der Waals surface area (Å²) in [5, 5.41) is 0. The van der Waals surface area contributed by atoms with Crippen LogP contribution in [0.3, 0.4) is 0 Å². The van der Waals surface area contributed by atoms with Crippen LogP contribution in [-0.2, 0) is 16.1 Å². The van der Waals surface area contributed by atoms with Crippen molar-refractivity contribution in [1.82, 2.24) is 0 Å². The summed E-state index contributed by atoms with van der Waals surface area (Å²) in [6.07, 6.45) is 13.1. The van der Waals surface area contributed by atoms with Crippen LogP contribution in [0.15, 0.2) is 48.3 Å². The zero-order valence-corrected chi connectivity index (χ0v) is 19.4. The summed E-state index contributed by atoms with van der Waals surface area (Å²) >= 11 is 0. The molecule has 1 fully saturated rings. The van der Waals surface area contributed by atoms with E-state index in [4.69, 9.17) is 14.2 Å². The molecule has 2 aliphatic rings. The maximum Gasteiger partial charge on any atom is 0.201 e. The van der Waals surface area contributed by atoms with E-state index >= 15 is 0 Å². The summed E-state index contributed by atoms with van der Waals surface area (Å²) in [5.41, 5.74) is 1.59. The Labute approximate surface area is 191 Å². The predicted molar refractivity (Wildman–Crippen MR) is 123 cm³/mol. The van der Waals surface area contributed by atoms with Crippen LogP contribution in [0.2, 0.25) is 0 Å². The standard InChI is InChI=1S/C27H36F2O3/c1-4-6-8-22-11-9-20(17-31-22)24-13-12-23(16-19(24)3)32-18-21-10-14-25(27(29)26(21)28)30-15-7-5-2/h4,10,12-14,19-20,22H,1,5-9,11,15-18H2,2-3H3. The van der Waals surface area contributed by atoms with Crippen LogP contribution in [-0.4, -0.2) is 19.3 Å². The smallest absolute Gasteiger partial charge is 0.201 e. The van der Waals surface area contributed by atoms with Crippen LogP contribution < -0.4 is 4.74 Å². The molecule has 3 unspecified atom stereocenters. The first kappa shape index (κ1) is 24.5. The fraction of sp³-hybridized carbons (Fsp3) is 0.556. The average molecular weight is 447 g/mol. The SMILES string of the molecule is C=CCCC1CCC(C2=CC=C(OCc3ccc(OCCCC)c(F)c3F)CC2C)CO1. The first-order valence-corrected chi connectivity index (χ1v) is 11.9. The Balaban J connectivity index is 1.54. The van der Waals surface area contributed by atoms with Gasteiger partial charge in [-0.05, 0) is 56.2 Å². The third-order valence-corrected chi connectivity index (χ3v) is 6.37. The molecule has 1 aliphatic carbocycles. The number of rotatable bonds is 11. The van der Waals surface area contributed by atoms with E-state index in [1.54, 1.807) is 0 Å².